The van der Waals surface area contributed by atoms with Crippen molar-refractivity contribution in [2.75, 3.05) is 0 Å². The molecule has 0 fully saturated rings. The molecule has 0 radical (unpaired) electrons. The van der Waals surface area contributed by atoms with Gasteiger partial charge in [-0.1, -0.05) is 55.5 Å². The Morgan fingerprint density at radius 1 is 0.862 bits per heavy atom. The first-order chi connectivity index (χ1) is 13.9. The van der Waals surface area contributed by atoms with E-state index in [-0.39, 0.29) is 40.6 Å². The number of benzene rings is 3. The third-order valence-electron chi connectivity index (χ3n) is 4.08. The van der Waals surface area contributed by atoms with Crippen LogP contribution < -0.4 is 9.05 Å². The maximum atomic E-state index is 12.7. The van der Waals surface area contributed by atoms with Crippen molar-refractivity contribution >= 4 is 19.4 Å². The molecule has 0 bridgehead atoms. The highest BCUT2D eigenvalue weighted by Crippen LogP contribution is 2.45. The molecular formula is C22H19O6P. The fourth-order valence-corrected chi connectivity index (χ4v) is 3.51. The maximum absolute atomic E-state index is 12.7. The first-order valence-corrected chi connectivity index (χ1v) is 10.4. The van der Waals surface area contributed by atoms with Crippen molar-refractivity contribution in [3.05, 3.63) is 95.6 Å². The van der Waals surface area contributed by atoms with Crippen LogP contribution in [0.25, 0.3) is 0 Å². The second kappa shape index (κ2) is 8.86. The number of Topliss-reactive ketones (excluding diaryl/α,β-unsaturated/α-hetero) is 1. The average Bonchev–Trinajstić information content (AvgIpc) is 2.73. The molecule has 1 atom stereocenters. The summed E-state index contributed by atoms with van der Waals surface area (Å²) in [6, 6.07) is 20.8. The number of para-hydroxylation sites is 1. The number of hydrogen-bond acceptors (Lipinski definition) is 5. The zero-order chi connectivity index (χ0) is 20.9. The minimum atomic E-state index is -4.55. The highest BCUT2D eigenvalue weighted by molar-refractivity contribution is 7.48. The van der Waals surface area contributed by atoms with Gasteiger partial charge < -0.3 is 9.05 Å². The number of ketones is 2. The van der Waals surface area contributed by atoms with E-state index in [0.29, 0.717) is 5.56 Å². The molecular weight excluding hydrogens is 391 g/mol. The lowest BCUT2D eigenvalue weighted by Gasteiger charge is -2.16. The van der Waals surface area contributed by atoms with Crippen LogP contribution in [0.2, 0.25) is 0 Å². The first-order valence-electron chi connectivity index (χ1n) is 8.93. The fourth-order valence-electron chi connectivity index (χ4n) is 2.67. The molecule has 29 heavy (non-hydrogen) atoms. The zero-order valence-electron chi connectivity index (χ0n) is 15.6. The third kappa shape index (κ3) is 5.19. The summed E-state index contributed by atoms with van der Waals surface area (Å²) in [5.41, 5.74) is 0.786. The molecule has 6 nitrogen and oxygen atoms in total. The minimum absolute atomic E-state index is 0.0419. The van der Waals surface area contributed by atoms with E-state index in [1.807, 2.05) is 0 Å². The summed E-state index contributed by atoms with van der Waals surface area (Å²) in [7, 11) is -4.55. The third-order valence-corrected chi connectivity index (χ3v) is 4.95. The molecule has 0 spiro atoms. The van der Waals surface area contributed by atoms with Gasteiger partial charge in [0.05, 0.1) is 5.56 Å². The van der Waals surface area contributed by atoms with Crippen molar-refractivity contribution < 1.29 is 28.1 Å². The Bertz CT molecular complexity index is 1060. The van der Waals surface area contributed by atoms with Crippen LogP contribution in [0.4, 0.5) is 0 Å². The van der Waals surface area contributed by atoms with Crippen molar-refractivity contribution in [2.45, 2.75) is 13.3 Å². The van der Waals surface area contributed by atoms with Gasteiger partial charge in [-0.15, -0.1) is 0 Å². The molecule has 0 saturated carbocycles. The molecule has 3 rings (SSSR count). The van der Waals surface area contributed by atoms with Gasteiger partial charge in [0, 0.05) is 17.5 Å². The fraction of sp³-hybridized carbons (Fsp3) is 0.0909. The Balaban J connectivity index is 1.91. The Kier molecular flexibility index (Phi) is 6.27. The largest absolute Gasteiger partial charge is 0.584 e. The number of carbonyl (C=O) groups excluding carboxylic acids is 2. The van der Waals surface area contributed by atoms with Gasteiger partial charge in [0.2, 0.25) is 0 Å². The Morgan fingerprint density at radius 2 is 1.48 bits per heavy atom. The number of hydrogen-bond donors (Lipinski definition) is 1. The Hall–Kier alpha value is -3.21. The van der Waals surface area contributed by atoms with E-state index in [1.165, 1.54) is 30.3 Å². The van der Waals surface area contributed by atoms with Crippen LogP contribution in [-0.2, 0) is 4.57 Å². The lowest BCUT2D eigenvalue weighted by atomic mass is 9.98. The molecule has 3 aromatic carbocycles. The lowest BCUT2D eigenvalue weighted by Crippen LogP contribution is -2.08. The number of rotatable bonds is 8. The van der Waals surface area contributed by atoms with Crippen LogP contribution in [-0.4, -0.2) is 16.5 Å². The van der Waals surface area contributed by atoms with E-state index in [9.17, 15) is 19.0 Å². The highest BCUT2D eigenvalue weighted by Gasteiger charge is 2.28. The Labute approximate surface area is 168 Å². The average molecular weight is 410 g/mol. The van der Waals surface area contributed by atoms with Crippen LogP contribution in [0, 0.1) is 0 Å². The van der Waals surface area contributed by atoms with Gasteiger partial charge in [0.25, 0.3) is 0 Å². The van der Waals surface area contributed by atoms with Crippen molar-refractivity contribution in [1.29, 1.82) is 0 Å². The predicted molar refractivity (Wildman–Crippen MR) is 108 cm³/mol. The van der Waals surface area contributed by atoms with Crippen LogP contribution in [0.15, 0.2) is 78.9 Å². The summed E-state index contributed by atoms with van der Waals surface area (Å²) in [5, 5.41) is 0. The molecule has 1 N–H and O–H groups in total. The summed E-state index contributed by atoms with van der Waals surface area (Å²) in [5.74, 6) is -0.571. The molecule has 0 aliphatic heterocycles. The summed E-state index contributed by atoms with van der Waals surface area (Å²) in [6.45, 7) is 1.65. The van der Waals surface area contributed by atoms with Crippen molar-refractivity contribution in [3.63, 3.8) is 0 Å². The van der Waals surface area contributed by atoms with Gasteiger partial charge in [0.15, 0.2) is 11.6 Å². The van der Waals surface area contributed by atoms with E-state index in [1.54, 1.807) is 55.5 Å². The van der Waals surface area contributed by atoms with Gasteiger partial charge in [-0.05, 0) is 30.3 Å². The molecule has 0 heterocycles. The summed E-state index contributed by atoms with van der Waals surface area (Å²) >= 11 is 0. The van der Waals surface area contributed by atoms with Crippen LogP contribution in [0.3, 0.4) is 0 Å². The number of phosphoric ester groups is 1. The van der Waals surface area contributed by atoms with Gasteiger partial charge >= 0.3 is 7.82 Å². The minimum Gasteiger partial charge on any atom is -0.395 e. The number of carbonyl (C=O) groups is 2. The number of phosphoric acid groups is 1. The summed E-state index contributed by atoms with van der Waals surface area (Å²) < 4.78 is 22.6. The van der Waals surface area contributed by atoms with E-state index < -0.39 is 7.82 Å². The molecule has 0 saturated heterocycles. The van der Waals surface area contributed by atoms with E-state index in [0.717, 1.165) is 0 Å². The van der Waals surface area contributed by atoms with Gasteiger partial charge in [0.1, 0.15) is 11.5 Å². The molecule has 0 aromatic heterocycles. The topological polar surface area (TPSA) is 89.9 Å². The predicted octanol–water partition coefficient (Wildman–Crippen LogP) is 5.07. The second-order valence-electron chi connectivity index (χ2n) is 6.15. The Morgan fingerprint density at radius 3 is 2.10 bits per heavy atom. The van der Waals surface area contributed by atoms with Gasteiger partial charge in [-0.2, -0.15) is 0 Å². The molecule has 7 heteroatoms. The normalized spacial score (nSPS) is 12.6. The molecule has 1 unspecified atom stereocenters. The monoisotopic (exact) mass is 410 g/mol. The first kappa shape index (κ1) is 20.5. The van der Waals surface area contributed by atoms with E-state index in [4.69, 9.17) is 9.05 Å². The summed E-state index contributed by atoms with van der Waals surface area (Å²) in [4.78, 5) is 35.1. The quantitative estimate of drug-likeness (QED) is 0.412. The lowest BCUT2D eigenvalue weighted by molar-refractivity contribution is 0.0986. The van der Waals surface area contributed by atoms with E-state index >= 15 is 0 Å². The van der Waals surface area contributed by atoms with Crippen molar-refractivity contribution in [1.82, 2.24) is 0 Å². The SMILES string of the molecule is CCC(=O)c1cc(C(=O)c2ccccc2)ccc1OP(=O)(O)Oc1ccccc1. The van der Waals surface area contributed by atoms with Crippen LogP contribution >= 0.6 is 7.82 Å². The molecule has 0 aliphatic rings. The van der Waals surface area contributed by atoms with Crippen molar-refractivity contribution in [3.8, 4) is 11.5 Å². The molecule has 3 aromatic rings. The highest BCUT2D eigenvalue weighted by atomic mass is 31.2. The molecule has 0 aliphatic carbocycles. The molecule has 148 valence electrons. The second-order valence-corrected chi connectivity index (χ2v) is 7.45. The van der Waals surface area contributed by atoms with Crippen LogP contribution in [0.5, 0.6) is 11.5 Å². The molecule has 0 amide bonds. The van der Waals surface area contributed by atoms with Crippen LogP contribution in [0.1, 0.15) is 39.6 Å². The maximum Gasteiger partial charge on any atom is 0.584 e. The zero-order valence-corrected chi connectivity index (χ0v) is 16.5. The smallest absolute Gasteiger partial charge is 0.395 e. The standard InChI is InChI=1S/C22H19O6P/c1-2-20(23)19-15-17(22(24)16-9-5-3-6-10-16)13-14-21(19)28-29(25,26)27-18-11-7-4-8-12-18/h3-15H,2H2,1H3,(H,25,26). The summed E-state index contributed by atoms with van der Waals surface area (Å²) in [6.07, 6.45) is 0.134. The van der Waals surface area contributed by atoms with E-state index in [2.05, 4.69) is 0 Å². The van der Waals surface area contributed by atoms with Gasteiger partial charge in [-0.3, -0.25) is 14.5 Å². The van der Waals surface area contributed by atoms with Crippen molar-refractivity contribution in [2.24, 2.45) is 0 Å². The van der Waals surface area contributed by atoms with Gasteiger partial charge in [-0.25, -0.2) is 4.57 Å².